The predicted molar refractivity (Wildman–Crippen MR) is 72.4 cm³/mol. The normalized spacial score (nSPS) is 15.9. The van der Waals surface area contributed by atoms with Gasteiger partial charge >= 0.3 is 0 Å². The minimum Gasteiger partial charge on any atom is -0.279 e. The fraction of sp³-hybridized carbons (Fsp3) is 0.200. The van der Waals surface area contributed by atoms with E-state index in [2.05, 4.69) is 9.98 Å². The maximum Gasteiger partial charge on any atom is 0.199 e. The van der Waals surface area contributed by atoms with Crippen LogP contribution >= 0.6 is 0 Å². The van der Waals surface area contributed by atoms with Gasteiger partial charge in [-0.25, -0.2) is 0 Å². The van der Waals surface area contributed by atoms with Crippen molar-refractivity contribution in [2.75, 3.05) is 0 Å². The van der Waals surface area contributed by atoms with Crippen LogP contribution in [0.5, 0.6) is 0 Å². The van der Waals surface area contributed by atoms with Gasteiger partial charge in [0.15, 0.2) is 14.6 Å². The molecule has 3 rings (SSSR count). The molecule has 0 amide bonds. The molecule has 0 saturated heterocycles. The predicted octanol–water partition coefficient (Wildman–Crippen LogP) is -0.698. The molecule has 68 valence electrons. The highest BCUT2D eigenvalue weighted by Crippen LogP contribution is 2.28. The molecular weight excluding hydrogens is 191 g/mol. The Morgan fingerprint density at radius 1 is 0.812 bits per heavy atom. The van der Waals surface area contributed by atoms with Gasteiger partial charge in [0, 0.05) is 0 Å². The lowest BCUT2D eigenvalue weighted by Gasteiger charge is -2.12. The van der Waals surface area contributed by atoms with Gasteiger partial charge in [-0.1, -0.05) is 21.9 Å². The lowest BCUT2D eigenvalue weighted by atomic mass is 9.55. The number of benzene rings is 1. The van der Waals surface area contributed by atoms with E-state index in [-0.39, 0.29) is 0 Å². The van der Waals surface area contributed by atoms with Gasteiger partial charge in [-0.2, -0.15) is 0 Å². The van der Waals surface area contributed by atoms with Gasteiger partial charge in [-0.05, 0) is 25.0 Å². The van der Waals surface area contributed by atoms with Crippen LogP contribution in [0.4, 0.5) is 11.4 Å². The van der Waals surface area contributed by atoms with Gasteiger partial charge in [-0.3, -0.25) is 9.98 Å². The van der Waals surface area contributed by atoms with Crippen molar-refractivity contribution >= 4 is 63.6 Å². The highest BCUT2D eigenvalue weighted by Gasteiger charge is 2.26. The molecule has 2 nitrogen and oxygen atoms in total. The van der Waals surface area contributed by atoms with E-state index in [9.17, 15) is 0 Å². The average molecular weight is 197 g/mol. The summed E-state index contributed by atoms with van der Waals surface area (Å²) in [5.41, 5.74) is 7.35. The van der Waals surface area contributed by atoms with Gasteiger partial charge in [-0.15, -0.1) is 0 Å². The monoisotopic (exact) mass is 198 g/mol. The summed E-state index contributed by atoms with van der Waals surface area (Å²) in [7, 11) is 15.2. The molecule has 0 atom stereocenters. The first-order chi connectivity index (χ1) is 7.58. The first-order valence-electron chi connectivity index (χ1n) is 5.13. The first-order valence-corrected chi connectivity index (χ1v) is 5.13. The van der Waals surface area contributed by atoms with Crippen molar-refractivity contribution in [2.45, 2.75) is 13.8 Å². The van der Waals surface area contributed by atoms with Crippen molar-refractivity contribution in [1.29, 1.82) is 0 Å². The van der Waals surface area contributed by atoms with Crippen LogP contribution in [-0.4, -0.2) is 41.3 Å². The molecule has 6 heteroatoms. The molecular formula is C10H6B4N2. The average Bonchev–Trinajstić information content (AvgIpc) is 2.78. The quantitative estimate of drug-likeness (QED) is 0.492. The van der Waals surface area contributed by atoms with Crippen molar-refractivity contribution < 1.29 is 0 Å². The molecule has 0 bridgehead atoms. The van der Waals surface area contributed by atoms with Crippen molar-refractivity contribution in [3.05, 3.63) is 11.1 Å². The SMILES string of the molecule is [B]C1=Nc2c(C)c3c(c(C)c2[B]1)N=C([B])[B]3. The molecule has 0 N–H and O–H groups in total. The standard InChI is InChI=1S/C10H6B4N2/c1-3-5-8(16-9(11)13-5)4(2)6-7(3)15-10(12)14-6/h1-2H3. The van der Waals surface area contributed by atoms with Crippen molar-refractivity contribution in [3.8, 4) is 0 Å². The largest absolute Gasteiger partial charge is 0.279 e. The molecule has 2 aliphatic rings. The van der Waals surface area contributed by atoms with Gasteiger partial charge in [0.25, 0.3) is 0 Å². The van der Waals surface area contributed by atoms with Crippen LogP contribution in [0.25, 0.3) is 0 Å². The molecule has 0 fully saturated rings. The Morgan fingerprint density at radius 2 is 1.19 bits per heavy atom. The summed E-state index contributed by atoms with van der Waals surface area (Å²) in [6.07, 6.45) is 0. The molecule has 2 aliphatic heterocycles. The zero-order chi connectivity index (χ0) is 11.4. The Balaban J connectivity index is 2.32. The summed E-state index contributed by atoms with van der Waals surface area (Å²) in [4.78, 5) is 8.68. The minimum atomic E-state index is 0.557. The zero-order valence-electron chi connectivity index (χ0n) is 9.20. The molecule has 2 heterocycles. The highest BCUT2D eigenvalue weighted by atomic mass is 14.8. The third-order valence-corrected chi connectivity index (χ3v) is 3.09. The molecule has 0 aromatic heterocycles. The summed E-state index contributed by atoms with van der Waals surface area (Å²) in [5, 5.41) is 0. The summed E-state index contributed by atoms with van der Waals surface area (Å²) in [6.45, 7) is 4.05. The van der Waals surface area contributed by atoms with Crippen LogP contribution in [0.3, 0.4) is 0 Å². The van der Waals surface area contributed by atoms with E-state index >= 15 is 0 Å². The van der Waals surface area contributed by atoms with E-state index in [0.29, 0.717) is 11.0 Å². The molecule has 1 aromatic carbocycles. The highest BCUT2D eigenvalue weighted by molar-refractivity contribution is 7.07. The Hall–Kier alpha value is -1.18. The second-order valence-corrected chi connectivity index (χ2v) is 4.14. The summed E-state index contributed by atoms with van der Waals surface area (Å²) in [6, 6.07) is 0. The molecule has 16 heavy (non-hydrogen) atoms. The fourth-order valence-electron chi connectivity index (χ4n) is 2.27. The molecule has 1 aromatic rings. The van der Waals surface area contributed by atoms with Crippen LogP contribution in [0, 0.1) is 13.8 Å². The van der Waals surface area contributed by atoms with E-state index in [1.165, 1.54) is 0 Å². The summed E-state index contributed by atoms with van der Waals surface area (Å²) >= 11 is 0. The molecule has 0 spiro atoms. The number of hydrogen-bond acceptors (Lipinski definition) is 2. The Labute approximate surface area is 98.9 Å². The topological polar surface area (TPSA) is 24.7 Å². The number of aliphatic imine (C=N–C) groups is 2. The van der Waals surface area contributed by atoms with E-state index in [0.717, 1.165) is 33.4 Å². The molecule has 0 saturated carbocycles. The van der Waals surface area contributed by atoms with Gasteiger partial charge in [0.05, 0.1) is 11.4 Å². The second kappa shape index (κ2) is 3.16. The van der Waals surface area contributed by atoms with E-state index in [1.807, 2.05) is 28.4 Å². The smallest absolute Gasteiger partial charge is 0.199 e. The summed E-state index contributed by atoms with van der Waals surface area (Å²) in [5.74, 6) is 0. The van der Waals surface area contributed by atoms with Gasteiger partial charge in [0.1, 0.15) is 15.7 Å². The Morgan fingerprint density at radius 3 is 1.56 bits per heavy atom. The second-order valence-electron chi connectivity index (χ2n) is 4.14. The Kier molecular flexibility index (Phi) is 1.97. The lowest BCUT2D eigenvalue weighted by Crippen LogP contribution is -2.27. The van der Waals surface area contributed by atoms with Crippen LogP contribution in [-0.2, 0) is 0 Å². The minimum absolute atomic E-state index is 0.557. The third kappa shape index (κ3) is 1.19. The van der Waals surface area contributed by atoms with Crippen molar-refractivity contribution in [3.63, 3.8) is 0 Å². The maximum atomic E-state index is 5.73. The van der Waals surface area contributed by atoms with Crippen LogP contribution in [0.1, 0.15) is 11.1 Å². The van der Waals surface area contributed by atoms with Gasteiger partial charge in [0.2, 0.25) is 0 Å². The van der Waals surface area contributed by atoms with E-state index in [4.69, 9.17) is 15.7 Å². The number of rotatable bonds is 0. The number of fused-ring (bicyclic) bond motifs is 2. The van der Waals surface area contributed by atoms with Crippen LogP contribution in [0.2, 0.25) is 0 Å². The number of nitrogens with zero attached hydrogens (tertiary/aromatic N) is 2. The fourth-order valence-corrected chi connectivity index (χ4v) is 2.27. The van der Waals surface area contributed by atoms with Crippen LogP contribution in [0.15, 0.2) is 9.98 Å². The van der Waals surface area contributed by atoms with Crippen molar-refractivity contribution in [2.24, 2.45) is 9.98 Å². The van der Waals surface area contributed by atoms with Crippen molar-refractivity contribution in [1.82, 2.24) is 0 Å². The zero-order valence-corrected chi connectivity index (χ0v) is 9.20. The van der Waals surface area contributed by atoms with E-state index in [1.54, 1.807) is 0 Å². The number of hydrogen-bond donors (Lipinski definition) is 0. The summed E-state index contributed by atoms with van der Waals surface area (Å²) < 4.78 is 0. The maximum absolute atomic E-state index is 5.73. The van der Waals surface area contributed by atoms with Gasteiger partial charge < -0.3 is 0 Å². The Bertz CT molecular complexity index is 523. The van der Waals surface area contributed by atoms with Crippen LogP contribution < -0.4 is 10.9 Å². The molecule has 0 unspecified atom stereocenters. The lowest BCUT2D eigenvalue weighted by molar-refractivity contribution is 1.40. The molecule has 0 aliphatic carbocycles. The van der Waals surface area contributed by atoms with E-state index < -0.39 is 0 Å². The first kappa shape index (κ1) is 10.0. The third-order valence-electron chi connectivity index (χ3n) is 3.09. The molecule has 6 radical (unpaired) electrons.